The van der Waals surface area contributed by atoms with Crippen LogP contribution in [0.3, 0.4) is 0 Å². The number of guanidine groups is 1. The maximum absolute atomic E-state index is 12.7. The Morgan fingerprint density at radius 1 is 1.17 bits per heavy atom. The Bertz CT molecular complexity index is 793. The van der Waals surface area contributed by atoms with E-state index in [1.54, 1.807) is 9.80 Å². The number of benzene rings is 1. The minimum atomic E-state index is -0.466. The summed E-state index contributed by atoms with van der Waals surface area (Å²) in [5.41, 5.74) is 11.6. The predicted molar refractivity (Wildman–Crippen MR) is 113 cm³/mol. The first-order valence-electron chi connectivity index (χ1n) is 10.4. The Morgan fingerprint density at radius 2 is 1.93 bits per heavy atom. The quantitative estimate of drug-likeness (QED) is 0.302. The fraction of sp³-hybridized carbons (Fsp3) is 0.524. The molecule has 1 unspecified atom stereocenters. The molecule has 0 saturated carbocycles. The summed E-state index contributed by atoms with van der Waals surface area (Å²) in [5.74, 6) is -0.293. The van der Waals surface area contributed by atoms with Crippen LogP contribution in [0.2, 0.25) is 0 Å². The lowest BCUT2D eigenvalue weighted by Crippen LogP contribution is -2.59. The maximum atomic E-state index is 12.7. The van der Waals surface area contributed by atoms with Crippen molar-refractivity contribution in [1.82, 2.24) is 15.1 Å². The fourth-order valence-electron chi connectivity index (χ4n) is 4.12. The number of amides is 3. The molecule has 0 radical (unpaired) electrons. The van der Waals surface area contributed by atoms with E-state index in [-0.39, 0.29) is 36.3 Å². The van der Waals surface area contributed by atoms with Gasteiger partial charge in [-0.2, -0.15) is 0 Å². The third-order valence-corrected chi connectivity index (χ3v) is 5.60. The summed E-state index contributed by atoms with van der Waals surface area (Å²) >= 11 is 0. The minimum Gasteiger partial charge on any atom is -0.370 e. The van der Waals surface area contributed by atoms with Gasteiger partial charge in [0.1, 0.15) is 6.04 Å². The highest BCUT2D eigenvalue weighted by Gasteiger charge is 2.45. The third-order valence-electron chi connectivity index (χ3n) is 5.60. The molecule has 162 valence electrons. The maximum Gasteiger partial charge on any atom is 0.243 e. The van der Waals surface area contributed by atoms with E-state index in [1.807, 2.05) is 30.3 Å². The van der Waals surface area contributed by atoms with E-state index in [9.17, 15) is 14.4 Å². The number of carbonyl (C=O) groups is 3. The molecule has 2 heterocycles. The van der Waals surface area contributed by atoms with Crippen LogP contribution in [0.15, 0.2) is 35.3 Å². The molecule has 3 rings (SSSR count). The lowest BCUT2D eigenvalue weighted by atomic mass is 10.1. The average Bonchev–Trinajstić information content (AvgIpc) is 3.17. The molecule has 1 aromatic carbocycles. The van der Waals surface area contributed by atoms with E-state index < -0.39 is 6.04 Å². The number of aryl methyl sites for hydroxylation is 1. The number of nitrogens with one attached hydrogen (secondary N) is 1. The molecule has 5 N–H and O–H groups in total. The van der Waals surface area contributed by atoms with Gasteiger partial charge in [0.05, 0.1) is 12.6 Å². The number of piperazine rings is 1. The van der Waals surface area contributed by atoms with Crippen LogP contribution in [0.1, 0.15) is 31.2 Å². The molecule has 2 saturated heterocycles. The van der Waals surface area contributed by atoms with E-state index in [1.165, 1.54) is 0 Å². The zero-order chi connectivity index (χ0) is 21.5. The molecule has 0 spiro atoms. The molecule has 9 heteroatoms. The van der Waals surface area contributed by atoms with Gasteiger partial charge < -0.3 is 26.6 Å². The number of hydrogen-bond acceptors (Lipinski definition) is 4. The van der Waals surface area contributed by atoms with E-state index in [4.69, 9.17) is 11.5 Å². The Morgan fingerprint density at radius 3 is 2.67 bits per heavy atom. The molecule has 2 aliphatic rings. The molecule has 2 fully saturated rings. The highest BCUT2D eigenvalue weighted by atomic mass is 16.2. The minimum absolute atomic E-state index is 0.0144. The van der Waals surface area contributed by atoms with Gasteiger partial charge in [0, 0.05) is 26.1 Å². The van der Waals surface area contributed by atoms with Crippen LogP contribution in [0.4, 0.5) is 0 Å². The van der Waals surface area contributed by atoms with E-state index in [2.05, 4.69) is 10.3 Å². The van der Waals surface area contributed by atoms with Crippen LogP contribution >= 0.6 is 0 Å². The second-order valence-electron chi connectivity index (χ2n) is 7.76. The van der Waals surface area contributed by atoms with Crippen molar-refractivity contribution in [2.24, 2.45) is 16.5 Å². The van der Waals surface area contributed by atoms with Crippen LogP contribution < -0.4 is 16.8 Å². The van der Waals surface area contributed by atoms with Crippen LogP contribution in [-0.2, 0) is 20.8 Å². The largest absolute Gasteiger partial charge is 0.370 e. The van der Waals surface area contributed by atoms with Crippen molar-refractivity contribution in [3.8, 4) is 0 Å². The third kappa shape index (κ3) is 5.49. The normalized spacial score (nSPS) is 20.6. The van der Waals surface area contributed by atoms with Gasteiger partial charge in [-0.1, -0.05) is 30.3 Å². The highest BCUT2D eigenvalue weighted by Crippen LogP contribution is 2.28. The fourth-order valence-corrected chi connectivity index (χ4v) is 4.12. The summed E-state index contributed by atoms with van der Waals surface area (Å²) in [6.07, 6.45) is 2.99. The topological polar surface area (TPSA) is 134 Å². The number of carbonyl (C=O) groups excluding carboxylic acids is 3. The summed E-state index contributed by atoms with van der Waals surface area (Å²) in [7, 11) is 0. The van der Waals surface area contributed by atoms with Crippen molar-refractivity contribution in [1.29, 1.82) is 0 Å². The van der Waals surface area contributed by atoms with Crippen LogP contribution in [0.5, 0.6) is 0 Å². The summed E-state index contributed by atoms with van der Waals surface area (Å²) in [6, 6.07) is 9.28. The smallest absolute Gasteiger partial charge is 0.243 e. The standard InChI is InChI=1S/C21H30N6O3/c22-21(23)25-12-4-11-24-20(30)17-9-8-16-13-26(14-19(29)27(16)17)18(28)10-7-15-5-2-1-3-6-15/h1-3,5-6,16-17H,4,7-14H2,(H,24,30)(H4,22,23,25)/t16-,17?/m0/s1. The first-order chi connectivity index (χ1) is 14.5. The zero-order valence-electron chi connectivity index (χ0n) is 17.1. The number of fused-ring (bicyclic) bond motifs is 1. The van der Waals surface area contributed by atoms with Crippen molar-refractivity contribution in [3.63, 3.8) is 0 Å². The van der Waals surface area contributed by atoms with E-state index in [0.717, 1.165) is 12.0 Å². The molecule has 2 atom stereocenters. The first-order valence-corrected chi connectivity index (χ1v) is 10.4. The Kier molecular flexibility index (Phi) is 7.26. The lowest BCUT2D eigenvalue weighted by molar-refractivity contribution is -0.151. The van der Waals surface area contributed by atoms with Gasteiger partial charge in [0.2, 0.25) is 17.7 Å². The molecule has 30 heavy (non-hydrogen) atoms. The molecule has 2 aliphatic heterocycles. The number of aliphatic imine (C=N–C) groups is 1. The van der Waals surface area contributed by atoms with Gasteiger partial charge in [0.15, 0.2) is 5.96 Å². The van der Waals surface area contributed by atoms with Crippen molar-refractivity contribution in [2.45, 2.75) is 44.2 Å². The molecular formula is C21H30N6O3. The van der Waals surface area contributed by atoms with Gasteiger partial charge in [-0.05, 0) is 31.2 Å². The van der Waals surface area contributed by atoms with Gasteiger partial charge >= 0.3 is 0 Å². The average molecular weight is 415 g/mol. The molecular weight excluding hydrogens is 384 g/mol. The SMILES string of the molecule is NC(N)=NCCCNC(=O)C1CC[C@H]2CN(C(=O)CCc3ccccc3)CC(=O)N12. The molecule has 0 aliphatic carbocycles. The van der Waals surface area contributed by atoms with Crippen LogP contribution in [0, 0.1) is 0 Å². The Labute approximate surface area is 176 Å². The van der Waals surface area contributed by atoms with Crippen molar-refractivity contribution in [2.75, 3.05) is 26.2 Å². The van der Waals surface area contributed by atoms with Gasteiger partial charge in [0.25, 0.3) is 0 Å². The second-order valence-corrected chi connectivity index (χ2v) is 7.76. The highest BCUT2D eigenvalue weighted by molar-refractivity contribution is 5.92. The Balaban J connectivity index is 1.48. The van der Waals surface area contributed by atoms with Gasteiger partial charge in [-0.3, -0.25) is 19.4 Å². The predicted octanol–water partition coefficient (Wildman–Crippen LogP) is -0.399. The van der Waals surface area contributed by atoms with Crippen LogP contribution in [0.25, 0.3) is 0 Å². The van der Waals surface area contributed by atoms with Crippen molar-refractivity contribution in [3.05, 3.63) is 35.9 Å². The molecule has 0 bridgehead atoms. The van der Waals surface area contributed by atoms with Crippen molar-refractivity contribution >= 4 is 23.7 Å². The number of nitrogens with two attached hydrogens (primary N) is 2. The zero-order valence-corrected chi connectivity index (χ0v) is 17.1. The van der Waals surface area contributed by atoms with Crippen LogP contribution in [-0.4, -0.2) is 71.7 Å². The molecule has 1 aromatic rings. The lowest BCUT2D eigenvalue weighted by Gasteiger charge is -2.39. The monoisotopic (exact) mass is 414 g/mol. The van der Waals surface area contributed by atoms with Crippen molar-refractivity contribution < 1.29 is 14.4 Å². The molecule has 0 aromatic heterocycles. The van der Waals surface area contributed by atoms with Gasteiger partial charge in [-0.15, -0.1) is 0 Å². The number of rotatable bonds is 8. The van der Waals surface area contributed by atoms with Gasteiger partial charge in [-0.25, -0.2) is 0 Å². The summed E-state index contributed by atoms with van der Waals surface area (Å²) in [4.78, 5) is 45.1. The van der Waals surface area contributed by atoms with E-state index in [0.29, 0.717) is 45.3 Å². The number of hydrogen-bond donors (Lipinski definition) is 3. The Hall–Kier alpha value is -3.10. The summed E-state index contributed by atoms with van der Waals surface area (Å²) in [5, 5.41) is 2.86. The van der Waals surface area contributed by atoms with E-state index >= 15 is 0 Å². The number of nitrogens with zero attached hydrogens (tertiary/aromatic N) is 3. The molecule has 3 amide bonds. The molecule has 9 nitrogen and oxygen atoms in total. The first kappa shape index (κ1) is 21.6. The second kappa shape index (κ2) is 10.1. The summed E-state index contributed by atoms with van der Waals surface area (Å²) in [6.45, 7) is 1.42. The summed E-state index contributed by atoms with van der Waals surface area (Å²) < 4.78 is 0.